The van der Waals surface area contributed by atoms with Crippen LogP contribution in [0.3, 0.4) is 0 Å². The van der Waals surface area contributed by atoms with Gasteiger partial charge in [0.1, 0.15) is 11.6 Å². The first-order valence-electron chi connectivity index (χ1n) is 5.78. The van der Waals surface area contributed by atoms with Crippen molar-refractivity contribution in [2.45, 2.75) is 19.4 Å². The Balaban J connectivity index is 2.33. The monoisotopic (exact) mass is 268 g/mol. The number of hydrogen-bond donors (Lipinski definition) is 1. The maximum absolute atomic E-state index is 13.3. The van der Waals surface area contributed by atoms with E-state index in [0.29, 0.717) is 5.56 Å². The van der Waals surface area contributed by atoms with Crippen LogP contribution in [0.25, 0.3) is 0 Å². The van der Waals surface area contributed by atoms with Gasteiger partial charge in [-0.2, -0.15) is 0 Å². The van der Waals surface area contributed by atoms with Gasteiger partial charge in [-0.15, -0.1) is 11.3 Å². The molecule has 0 aliphatic rings. The highest BCUT2D eigenvalue weighted by Crippen LogP contribution is 2.23. The summed E-state index contributed by atoms with van der Waals surface area (Å²) in [6, 6.07) is 3.30. The Labute approximate surface area is 109 Å². The third-order valence-corrected chi connectivity index (χ3v) is 3.17. The normalized spacial score (nSPS) is 12.6. The van der Waals surface area contributed by atoms with Crippen LogP contribution in [0, 0.1) is 11.6 Å². The van der Waals surface area contributed by atoms with E-state index in [2.05, 4.69) is 10.3 Å². The van der Waals surface area contributed by atoms with Crippen LogP contribution in [-0.4, -0.2) is 11.5 Å². The van der Waals surface area contributed by atoms with E-state index in [1.165, 1.54) is 23.5 Å². The van der Waals surface area contributed by atoms with E-state index in [4.69, 9.17) is 0 Å². The molecule has 1 N–H and O–H groups in total. The Morgan fingerprint density at radius 1 is 1.28 bits per heavy atom. The summed E-state index contributed by atoms with van der Waals surface area (Å²) >= 11 is 1.47. The number of thiazole rings is 1. The zero-order chi connectivity index (χ0) is 13.0. The smallest absolute Gasteiger partial charge is 0.126 e. The summed E-state index contributed by atoms with van der Waals surface area (Å²) in [7, 11) is 0. The Morgan fingerprint density at radius 2 is 2.00 bits per heavy atom. The first-order chi connectivity index (χ1) is 8.70. The molecule has 1 heterocycles. The molecule has 0 saturated heterocycles. The number of halogens is 2. The van der Waals surface area contributed by atoms with E-state index in [1.54, 1.807) is 5.51 Å². The molecule has 1 unspecified atom stereocenters. The maximum atomic E-state index is 13.3. The van der Waals surface area contributed by atoms with Crippen molar-refractivity contribution in [2.24, 2.45) is 0 Å². The molecule has 5 heteroatoms. The summed E-state index contributed by atoms with van der Waals surface area (Å²) < 4.78 is 26.5. The van der Waals surface area contributed by atoms with Gasteiger partial charge in [0, 0.05) is 11.4 Å². The van der Waals surface area contributed by atoms with Gasteiger partial charge in [0.25, 0.3) is 0 Å². The van der Waals surface area contributed by atoms with Crippen LogP contribution in [0.1, 0.15) is 30.6 Å². The second-order valence-electron chi connectivity index (χ2n) is 4.00. The molecular weight excluding hydrogens is 254 g/mol. The van der Waals surface area contributed by atoms with Gasteiger partial charge < -0.3 is 5.32 Å². The van der Waals surface area contributed by atoms with Crippen molar-refractivity contribution in [3.05, 3.63) is 52.0 Å². The zero-order valence-electron chi connectivity index (χ0n) is 9.99. The molecule has 0 amide bonds. The molecule has 0 aliphatic carbocycles. The minimum Gasteiger partial charge on any atom is -0.305 e. The molecular formula is C13H14F2N2S. The van der Waals surface area contributed by atoms with Crippen molar-refractivity contribution in [3.8, 4) is 0 Å². The van der Waals surface area contributed by atoms with Gasteiger partial charge in [-0.3, -0.25) is 0 Å². The fourth-order valence-corrected chi connectivity index (χ4v) is 2.37. The first kappa shape index (κ1) is 13.1. The number of hydrogen-bond acceptors (Lipinski definition) is 3. The highest BCUT2D eigenvalue weighted by Gasteiger charge is 2.16. The summed E-state index contributed by atoms with van der Waals surface area (Å²) in [6.07, 6.45) is 0.943. The number of aromatic nitrogens is 1. The van der Waals surface area contributed by atoms with Gasteiger partial charge >= 0.3 is 0 Å². The van der Waals surface area contributed by atoms with Crippen LogP contribution < -0.4 is 5.32 Å². The molecule has 0 saturated carbocycles. The minimum atomic E-state index is -0.566. The van der Waals surface area contributed by atoms with Crippen LogP contribution in [0.2, 0.25) is 0 Å². The van der Waals surface area contributed by atoms with Crippen molar-refractivity contribution in [1.29, 1.82) is 0 Å². The standard InChI is InChI=1S/C13H14F2N2S/c1-2-3-16-13(12-7-18-8-17-12)9-4-10(14)6-11(15)5-9/h4-8,13,16H,2-3H2,1H3. The molecule has 0 spiro atoms. The second kappa shape index (κ2) is 6.02. The van der Waals surface area contributed by atoms with Gasteiger partial charge in [0.15, 0.2) is 0 Å². The van der Waals surface area contributed by atoms with Gasteiger partial charge in [0.2, 0.25) is 0 Å². The average molecular weight is 268 g/mol. The molecule has 1 atom stereocenters. The summed E-state index contributed by atoms with van der Waals surface area (Å²) in [4.78, 5) is 4.22. The van der Waals surface area contributed by atoms with Gasteiger partial charge in [-0.1, -0.05) is 6.92 Å². The van der Waals surface area contributed by atoms with Crippen LogP contribution in [0.5, 0.6) is 0 Å². The topological polar surface area (TPSA) is 24.9 Å². The lowest BCUT2D eigenvalue weighted by molar-refractivity contribution is 0.554. The highest BCUT2D eigenvalue weighted by molar-refractivity contribution is 7.07. The lowest BCUT2D eigenvalue weighted by Gasteiger charge is -2.17. The lowest BCUT2D eigenvalue weighted by atomic mass is 10.0. The fraction of sp³-hybridized carbons (Fsp3) is 0.308. The van der Waals surface area contributed by atoms with E-state index in [9.17, 15) is 8.78 Å². The number of nitrogens with one attached hydrogen (secondary N) is 1. The van der Waals surface area contributed by atoms with Crippen molar-refractivity contribution in [1.82, 2.24) is 10.3 Å². The summed E-state index contributed by atoms with van der Waals surface area (Å²) in [5, 5.41) is 5.14. The van der Waals surface area contributed by atoms with Crippen molar-refractivity contribution in [3.63, 3.8) is 0 Å². The van der Waals surface area contributed by atoms with Gasteiger partial charge in [-0.25, -0.2) is 13.8 Å². The Morgan fingerprint density at radius 3 is 2.56 bits per heavy atom. The van der Waals surface area contributed by atoms with E-state index in [0.717, 1.165) is 24.7 Å². The second-order valence-corrected chi connectivity index (χ2v) is 4.72. The van der Waals surface area contributed by atoms with Crippen molar-refractivity contribution >= 4 is 11.3 Å². The number of benzene rings is 1. The minimum absolute atomic E-state index is 0.263. The third-order valence-electron chi connectivity index (χ3n) is 2.56. The Hall–Kier alpha value is -1.33. The maximum Gasteiger partial charge on any atom is 0.126 e. The molecule has 1 aromatic heterocycles. The SMILES string of the molecule is CCCNC(c1cc(F)cc(F)c1)c1cscn1. The predicted octanol–water partition coefficient (Wildman–Crippen LogP) is 3.51. The quantitative estimate of drug-likeness (QED) is 0.897. The largest absolute Gasteiger partial charge is 0.305 e. The lowest BCUT2D eigenvalue weighted by Crippen LogP contribution is -2.23. The summed E-state index contributed by atoms with van der Waals surface area (Å²) in [6.45, 7) is 2.80. The molecule has 0 fully saturated rings. The van der Waals surface area contributed by atoms with E-state index >= 15 is 0 Å². The zero-order valence-corrected chi connectivity index (χ0v) is 10.8. The van der Waals surface area contributed by atoms with Crippen LogP contribution >= 0.6 is 11.3 Å². The molecule has 18 heavy (non-hydrogen) atoms. The van der Waals surface area contributed by atoms with E-state index < -0.39 is 11.6 Å². The van der Waals surface area contributed by atoms with Crippen LogP contribution in [0.15, 0.2) is 29.1 Å². The molecule has 2 aromatic rings. The molecule has 1 aromatic carbocycles. The van der Waals surface area contributed by atoms with E-state index in [-0.39, 0.29) is 6.04 Å². The third kappa shape index (κ3) is 3.11. The number of nitrogens with zero attached hydrogens (tertiary/aromatic N) is 1. The summed E-state index contributed by atoms with van der Waals surface area (Å²) in [5.41, 5.74) is 3.07. The predicted molar refractivity (Wildman–Crippen MR) is 68.6 cm³/mol. The summed E-state index contributed by atoms with van der Waals surface area (Å²) in [5.74, 6) is -1.13. The Bertz CT molecular complexity index is 479. The van der Waals surface area contributed by atoms with Crippen LogP contribution in [0.4, 0.5) is 8.78 Å². The molecule has 2 nitrogen and oxygen atoms in total. The molecule has 2 rings (SSSR count). The number of rotatable bonds is 5. The average Bonchev–Trinajstić information content (AvgIpc) is 2.82. The fourth-order valence-electron chi connectivity index (χ4n) is 1.79. The van der Waals surface area contributed by atoms with Crippen LogP contribution in [-0.2, 0) is 0 Å². The molecule has 0 bridgehead atoms. The van der Waals surface area contributed by atoms with Crippen molar-refractivity contribution in [2.75, 3.05) is 6.54 Å². The molecule has 0 aliphatic heterocycles. The van der Waals surface area contributed by atoms with Gasteiger partial charge in [-0.05, 0) is 30.7 Å². The van der Waals surface area contributed by atoms with E-state index in [1.807, 2.05) is 12.3 Å². The molecule has 0 radical (unpaired) electrons. The first-order valence-corrected chi connectivity index (χ1v) is 6.72. The Kier molecular flexibility index (Phi) is 4.38. The van der Waals surface area contributed by atoms with Gasteiger partial charge in [0.05, 0.1) is 17.2 Å². The molecule has 96 valence electrons. The van der Waals surface area contributed by atoms with Crippen molar-refractivity contribution < 1.29 is 8.78 Å². The highest BCUT2D eigenvalue weighted by atomic mass is 32.1.